The second kappa shape index (κ2) is 9.43. The minimum absolute atomic E-state index is 0.199. The molecule has 1 amide bonds. The third-order valence-corrected chi connectivity index (χ3v) is 5.64. The van der Waals surface area contributed by atoms with Crippen molar-refractivity contribution < 1.29 is 28.6 Å². The molecule has 0 atom stereocenters. The van der Waals surface area contributed by atoms with Gasteiger partial charge in [-0.15, -0.1) is 0 Å². The van der Waals surface area contributed by atoms with Gasteiger partial charge in [-0.25, -0.2) is 4.79 Å². The number of esters is 1. The first-order valence-corrected chi connectivity index (χ1v) is 10.9. The number of nitrogens with one attached hydrogen (secondary N) is 1. The van der Waals surface area contributed by atoms with Gasteiger partial charge >= 0.3 is 5.97 Å². The fraction of sp³-hybridized carbons (Fsp3) is 0.269. The lowest BCUT2D eigenvalue weighted by molar-refractivity contribution is -0.114. The van der Waals surface area contributed by atoms with Crippen molar-refractivity contribution in [2.24, 2.45) is 0 Å². The molecule has 1 aliphatic heterocycles. The molecule has 0 bridgehead atoms. The zero-order valence-corrected chi connectivity index (χ0v) is 19.6. The number of rotatable bonds is 6. The van der Waals surface area contributed by atoms with Gasteiger partial charge in [0, 0.05) is 35.6 Å². The van der Waals surface area contributed by atoms with Gasteiger partial charge in [0.15, 0.2) is 18.1 Å². The molecular weight excluding hydrogens is 436 g/mol. The molecule has 4 rings (SSSR count). The number of hydrogen-bond acceptors (Lipinski definition) is 6. The maximum absolute atomic E-state index is 13.0. The zero-order chi connectivity index (χ0) is 24.4. The third-order valence-electron chi connectivity index (χ3n) is 5.64. The fourth-order valence-electron chi connectivity index (χ4n) is 4.08. The van der Waals surface area contributed by atoms with Crippen molar-refractivity contribution in [2.75, 3.05) is 25.1 Å². The first-order chi connectivity index (χ1) is 16.3. The maximum Gasteiger partial charge on any atom is 0.340 e. The van der Waals surface area contributed by atoms with Gasteiger partial charge in [0.2, 0.25) is 11.7 Å². The van der Waals surface area contributed by atoms with Crippen LogP contribution in [-0.2, 0) is 9.53 Å². The highest BCUT2D eigenvalue weighted by atomic mass is 16.6. The van der Waals surface area contributed by atoms with Gasteiger partial charge < -0.3 is 24.1 Å². The largest absolute Gasteiger partial charge is 0.486 e. The molecular formula is C26H26N2O6. The van der Waals surface area contributed by atoms with E-state index in [1.807, 2.05) is 36.6 Å². The number of anilines is 1. The standard InChI is InChI=1S/C26H26N2O6/c1-15-6-5-7-20(25(15)27-18(4)29)26(31)34-14-22(30)21-12-16(2)28(17(21)3)19-8-9-23-24(13-19)33-11-10-32-23/h5-9,12-13H,10-11,14H2,1-4H3,(H,27,29). The van der Waals surface area contributed by atoms with E-state index in [0.717, 1.165) is 22.6 Å². The van der Waals surface area contributed by atoms with E-state index in [9.17, 15) is 14.4 Å². The summed E-state index contributed by atoms with van der Waals surface area (Å²) >= 11 is 0. The van der Waals surface area contributed by atoms with Crippen molar-refractivity contribution in [1.29, 1.82) is 0 Å². The summed E-state index contributed by atoms with van der Waals surface area (Å²) in [4.78, 5) is 37.2. The van der Waals surface area contributed by atoms with Crippen LogP contribution in [0, 0.1) is 20.8 Å². The van der Waals surface area contributed by atoms with Crippen LogP contribution in [0.1, 0.15) is 44.6 Å². The summed E-state index contributed by atoms with van der Waals surface area (Å²) < 4.78 is 18.5. The van der Waals surface area contributed by atoms with Crippen LogP contribution in [-0.4, -0.2) is 42.0 Å². The molecule has 0 fully saturated rings. The number of aromatic nitrogens is 1. The number of ether oxygens (including phenoxy) is 3. The van der Waals surface area contributed by atoms with Gasteiger partial charge in [-0.3, -0.25) is 9.59 Å². The number of carbonyl (C=O) groups excluding carboxylic acids is 3. The molecule has 1 aliphatic rings. The van der Waals surface area contributed by atoms with Crippen molar-refractivity contribution in [2.45, 2.75) is 27.7 Å². The normalized spacial score (nSPS) is 12.2. The summed E-state index contributed by atoms with van der Waals surface area (Å²) in [6.45, 7) is 7.47. The van der Waals surface area contributed by atoms with E-state index in [0.29, 0.717) is 36.0 Å². The van der Waals surface area contributed by atoms with Gasteiger partial charge in [0.05, 0.1) is 11.3 Å². The van der Waals surface area contributed by atoms with Crippen molar-refractivity contribution in [3.8, 4) is 17.2 Å². The molecule has 2 heterocycles. The smallest absolute Gasteiger partial charge is 0.340 e. The Bertz CT molecular complexity index is 1290. The monoisotopic (exact) mass is 462 g/mol. The summed E-state index contributed by atoms with van der Waals surface area (Å²) in [6, 6.07) is 12.4. The minimum atomic E-state index is -0.679. The molecule has 2 aromatic carbocycles. The number of benzene rings is 2. The van der Waals surface area contributed by atoms with E-state index >= 15 is 0 Å². The molecule has 1 N–H and O–H groups in total. The maximum atomic E-state index is 13.0. The van der Waals surface area contributed by atoms with Crippen LogP contribution in [0.3, 0.4) is 0 Å². The Morgan fingerprint density at radius 3 is 2.44 bits per heavy atom. The Morgan fingerprint density at radius 2 is 1.71 bits per heavy atom. The second-order valence-corrected chi connectivity index (χ2v) is 8.13. The highest BCUT2D eigenvalue weighted by molar-refractivity contribution is 6.04. The van der Waals surface area contributed by atoms with Gasteiger partial charge in [-0.2, -0.15) is 0 Å². The van der Waals surface area contributed by atoms with Crippen LogP contribution >= 0.6 is 0 Å². The zero-order valence-electron chi connectivity index (χ0n) is 19.6. The Labute approximate surface area is 197 Å². The Balaban J connectivity index is 1.53. The molecule has 3 aromatic rings. The lowest BCUT2D eigenvalue weighted by Crippen LogP contribution is -2.18. The van der Waals surface area contributed by atoms with E-state index in [1.54, 1.807) is 31.2 Å². The quantitative estimate of drug-likeness (QED) is 0.436. The molecule has 0 saturated carbocycles. The topological polar surface area (TPSA) is 95.9 Å². The average molecular weight is 463 g/mol. The van der Waals surface area contributed by atoms with E-state index in [4.69, 9.17) is 14.2 Å². The number of hydrogen-bond donors (Lipinski definition) is 1. The first kappa shape index (κ1) is 23.1. The van der Waals surface area contributed by atoms with E-state index < -0.39 is 12.6 Å². The molecule has 1 aromatic heterocycles. The van der Waals surface area contributed by atoms with Crippen LogP contribution in [0.25, 0.3) is 5.69 Å². The van der Waals surface area contributed by atoms with Crippen molar-refractivity contribution >= 4 is 23.3 Å². The number of nitrogens with zero attached hydrogens (tertiary/aromatic N) is 1. The number of aryl methyl sites for hydroxylation is 2. The number of Topliss-reactive ketones (excluding diaryl/α,β-unsaturated/α-hetero) is 1. The summed E-state index contributed by atoms with van der Waals surface area (Å²) in [5.41, 5.74) is 4.19. The molecule has 0 aliphatic carbocycles. The number of amides is 1. The Hall–Kier alpha value is -4.07. The van der Waals surface area contributed by atoms with Crippen molar-refractivity contribution in [1.82, 2.24) is 4.57 Å². The van der Waals surface area contributed by atoms with Crippen molar-refractivity contribution in [3.63, 3.8) is 0 Å². The molecule has 0 spiro atoms. The molecule has 0 radical (unpaired) electrons. The summed E-state index contributed by atoms with van der Waals surface area (Å²) in [7, 11) is 0. The van der Waals surface area contributed by atoms with Crippen LogP contribution in [0.2, 0.25) is 0 Å². The number of ketones is 1. The Morgan fingerprint density at radius 1 is 0.971 bits per heavy atom. The predicted molar refractivity (Wildman–Crippen MR) is 126 cm³/mol. The summed E-state index contributed by atoms with van der Waals surface area (Å²) in [5.74, 6) is 0.0491. The number of fused-ring (bicyclic) bond motifs is 1. The Kier molecular flexibility index (Phi) is 6.40. The number of para-hydroxylation sites is 1. The molecule has 0 unspecified atom stereocenters. The van der Waals surface area contributed by atoms with Crippen LogP contribution in [0.15, 0.2) is 42.5 Å². The lowest BCUT2D eigenvalue weighted by Gasteiger charge is -2.20. The van der Waals surface area contributed by atoms with Gasteiger partial charge in [0.25, 0.3) is 0 Å². The SMILES string of the molecule is CC(=O)Nc1c(C)cccc1C(=O)OCC(=O)c1cc(C)n(-c2ccc3c(c2)OCCO3)c1C. The van der Waals surface area contributed by atoms with Crippen LogP contribution < -0.4 is 14.8 Å². The molecule has 8 heteroatoms. The van der Waals surface area contributed by atoms with Crippen LogP contribution in [0.5, 0.6) is 11.5 Å². The minimum Gasteiger partial charge on any atom is -0.486 e. The first-order valence-electron chi connectivity index (χ1n) is 10.9. The molecule has 0 saturated heterocycles. The van der Waals surface area contributed by atoms with E-state index in [-0.39, 0.29) is 17.3 Å². The third kappa shape index (κ3) is 4.52. The fourth-order valence-corrected chi connectivity index (χ4v) is 4.08. The molecule has 8 nitrogen and oxygen atoms in total. The van der Waals surface area contributed by atoms with Gasteiger partial charge in [-0.05, 0) is 50.6 Å². The van der Waals surface area contributed by atoms with E-state index in [1.165, 1.54) is 6.92 Å². The predicted octanol–water partition coefficient (Wildman–Crippen LogP) is 4.17. The van der Waals surface area contributed by atoms with E-state index in [2.05, 4.69) is 5.32 Å². The van der Waals surface area contributed by atoms with Crippen LogP contribution in [0.4, 0.5) is 5.69 Å². The lowest BCUT2D eigenvalue weighted by atomic mass is 10.1. The number of carbonyl (C=O) groups is 3. The van der Waals surface area contributed by atoms with Crippen molar-refractivity contribution in [3.05, 3.63) is 70.5 Å². The highest BCUT2D eigenvalue weighted by Gasteiger charge is 2.21. The summed E-state index contributed by atoms with van der Waals surface area (Å²) in [6.07, 6.45) is 0. The summed E-state index contributed by atoms with van der Waals surface area (Å²) in [5, 5.41) is 2.65. The molecule has 176 valence electrons. The molecule has 34 heavy (non-hydrogen) atoms. The highest BCUT2D eigenvalue weighted by Crippen LogP contribution is 2.33. The van der Waals surface area contributed by atoms with Gasteiger partial charge in [0.1, 0.15) is 13.2 Å². The second-order valence-electron chi connectivity index (χ2n) is 8.13. The average Bonchev–Trinajstić information content (AvgIpc) is 3.11. The van der Waals surface area contributed by atoms with Gasteiger partial charge in [-0.1, -0.05) is 12.1 Å².